The first-order valence-electron chi connectivity index (χ1n) is 22.0. The molecular weight excluding hydrogens is 622 g/mol. The van der Waals surface area contributed by atoms with Crippen molar-refractivity contribution in [2.75, 3.05) is 19.8 Å². The Morgan fingerprint density at radius 1 is 0.480 bits per heavy atom. The molecule has 0 N–H and O–H groups in total. The second kappa shape index (κ2) is 37.2. The topological polar surface area (TPSA) is 72.9 Å². The summed E-state index contributed by atoms with van der Waals surface area (Å²) in [5.41, 5.74) is 0. The van der Waals surface area contributed by atoms with Crippen molar-refractivity contribution < 1.29 is 23.9 Å². The second-order valence-corrected chi connectivity index (χ2v) is 15.3. The number of esters is 2. The van der Waals surface area contributed by atoms with E-state index in [0.717, 1.165) is 83.6 Å². The fourth-order valence-corrected chi connectivity index (χ4v) is 7.02. The summed E-state index contributed by atoms with van der Waals surface area (Å²) in [7, 11) is 0. The monoisotopic (exact) mass is 708 g/mol. The summed E-state index contributed by atoms with van der Waals surface area (Å²) < 4.78 is 11.4. The molecule has 0 aliphatic heterocycles. The van der Waals surface area contributed by atoms with Crippen LogP contribution in [-0.4, -0.2) is 49.0 Å². The first-order chi connectivity index (χ1) is 24.4. The lowest BCUT2D eigenvalue weighted by molar-refractivity contribution is -0.146. The molecule has 50 heavy (non-hydrogen) atoms. The zero-order chi connectivity index (χ0) is 36.9. The van der Waals surface area contributed by atoms with E-state index in [1.165, 1.54) is 109 Å². The lowest BCUT2D eigenvalue weighted by Crippen LogP contribution is -2.35. The highest BCUT2D eigenvalue weighted by molar-refractivity contribution is 5.69. The molecule has 0 aromatic rings. The average molecular weight is 708 g/mol. The van der Waals surface area contributed by atoms with E-state index in [2.05, 4.69) is 34.6 Å². The van der Waals surface area contributed by atoms with Gasteiger partial charge in [-0.3, -0.25) is 14.4 Å². The molecule has 0 heterocycles. The van der Waals surface area contributed by atoms with Gasteiger partial charge in [0.05, 0.1) is 13.2 Å². The van der Waals surface area contributed by atoms with E-state index in [1.807, 2.05) is 4.90 Å². The van der Waals surface area contributed by atoms with Crippen LogP contribution in [0.3, 0.4) is 0 Å². The van der Waals surface area contributed by atoms with E-state index in [4.69, 9.17) is 9.47 Å². The van der Waals surface area contributed by atoms with Gasteiger partial charge in [-0.25, -0.2) is 0 Å². The largest absolute Gasteiger partial charge is 0.465 e. The van der Waals surface area contributed by atoms with Gasteiger partial charge in [0.25, 0.3) is 0 Å². The summed E-state index contributed by atoms with van der Waals surface area (Å²) in [6.07, 6.45) is 34.2. The lowest BCUT2D eigenvalue weighted by atomic mass is 9.95. The van der Waals surface area contributed by atoms with Crippen molar-refractivity contribution in [3.05, 3.63) is 0 Å². The highest BCUT2D eigenvalue weighted by Crippen LogP contribution is 2.21. The minimum Gasteiger partial charge on any atom is -0.465 e. The van der Waals surface area contributed by atoms with E-state index in [9.17, 15) is 14.4 Å². The van der Waals surface area contributed by atoms with Gasteiger partial charge in [-0.2, -0.15) is 0 Å². The zero-order valence-corrected chi connectivity index (χ0v) is 34.1. The molecule has 6 nitrogen and oxygen atoms in total. The Balaban J connectivity index is 4.54. The summed E-state index contributed by atoms with van der Waals surface area (Å²) in [6.45, 7) is 13.0. The normalized spacial score (nSPS) is 13.1. The maximum Gasteiger partial charge on any atom is 0.305 e. The summed E-state index contributed by atoms with van der Waals surface area (Å²) in [4.78, 5) is 39.1. The molecule has 0 aliphatic rings. The maximum atomic E-state index is 12.7. The highest BCUT2D eigenvalue weighted by atomic mass is 16.5. The third-order valence-electron chi connectivity index (χ3n) is 10.6. The predicted octanol–water partition coefficient (Wildman–Crippen LogP) is 12.9. The molecule has 3 unspecified atom stereocenters. The number of hydrogen-bond acceptors (Lipinski definition) is 5. The molecule has 1 amide bonds. The molecule has 0 aliphatic carbocycles. The molecule has 0 aromatic carbocycles. The number of carbonyl (C=O) groups is 3. The highest BCUT2D eigenvalue weighted by Gasteiger charge is 2.17. The Kier molecular flexibility index (Phi) is 36.0. The van der Waals surface area contributed by atoms with Crippen molar-refractivity contribution in [2.45, 2.75) is 233 Å². The average Bonchev–Trinajstić information content (AvgIpc) is 3.12. The van der Waals surface area contributed by atoms with E-state index >= 15 is 0 Å². The fourth-order valence-electron chi connectivity index (χ4n) is 7.02. The van der Waals surface area contributed by atoms with Crippen LogP contribution in [0.5, 0.6) is 0 Å². The molecule has 0 radical (unpaired) electrons. The van der Waals surface area contributed by atoms with Crippen molar-refractivity contribution >= 4 is 18.3 Å². The van der Waals surface area contributed by atoms with Crippen LogP contribution >= 0.6 is 0 Å². The van der Waals surface area contributed by atoms with Gasteiger partial charge in [-0.1, -0.05) is 163 Å². The zero-order valence-electron chi connectivity index (χ0n) is 34.1. The van der Waals surface area contributed by atoms with Crippen LogP contribution in [0.4, 0.5) is 0 Å². The van der Waals surface area contributed by atoms with Crippen LogP contribution in [0.25, 0.3) is 0 Å². The Hall–Kier alpha value is -1.59. The number of rotatable bonds is 39. The molecule has 0 bridgehead atoms. The molecule has 3 atom stereocenters. The smallest absolute Gasteiger partial charge is 0.305 e. The summed E-state index contributed by atoms with van der Waals surface area (Å²) in [5, 5.41) is 0. The van der Waals surface area contributed by atoms with Crippen molar-refractivity contribution in [3.63, 3.8) is 0 Å². The first kappa shape index (κ1) is 48.4. The van der Waals surface area contributed by atoms with E-state index in [-0.39, 0.29) is 18.0 Å². The molecule has 0 spiro atoms. The molecule has 6 heteroatoms. The van der Waals surface area contributed by atoms with Crippen molar-refractivity contribution in [2.24, 2.45) is 11.8 Å². The Morgan fingerprint density at radius 3 is 1.38 bits per heavy atom. The molecule has 0 fully saturated rings. The molecular formula is C44H85NO5. The van der Waals surface area contributed by atoms with Crippen molar-refractivity contribution in [1.29, 1.82) is 0 Å². The van der Waals surface area contributed by atoms with Crippen LogP contribution in [0.2, 0.25) is 0 Å². The van der Waals surface area contributed by atoms with Gasteiger partial charge in [0.15, 0.2) is 0 Å². The van der Waals surface area contributed by atoms with Gasteiger partial charge in [0.2, 0.25) is 6.41 Å². The van der Waals surface area contributed by atoms with Gasteiger partial charge < -0.3 is 14.4 Å². The predicted molar refractivity (Wildman–Crippen MR) is 212 cm³/mol. The Bertz CT molecular complexity index is 759. The van der Waals surface area contributed by atoms with E-state index in [1.54, 1.807) is 0 Å². The summed E-state index contributed by atoms with van der Waals surface area (Å²) in [5.74, 6) is 0.862. The van der Waals surface area contributed by atoms with Crippen LogP contribution < -0.4 is 0 Å². The quantitative estimate of drug-likeness (QED) is 0.0361. The minimum atomic E-state index is -0.0831. The minimum absolute atomic E-state index is 0.0392. The number of unbranched alkanes of at least 4 members (excludes halogenated alkanes) is 16. The third-order valence-corrected chi connectivity index (χ3v) is 10.6. The van der Waals surface area contributed by atoms with Crippen molar-refractivity contribution in [3.8, 4) is 0 Å². The van der Waals surface area contributed by atoms with Crippen LogP contribution in [0.1, 0.15) is 227 Å². The second-order valence-electron chi connectivity index (χ2n) is 15.3. The Labute approximate surface area is 311 Å². The molecule has 0 rings (SSSR count). The number of hydrogen-bond donors (Lipinski definition) is 0. The Morgan fingerprint density at radius 2 is 0.880 bits per heavy atom. The van der Waals surface area contributed by atoms with Gasteiger partial charge in [-0.15, -0.1) is 0 Å². The summed E-state index contributed by atoms with van der Waals surface area (Å²) in [6, 6.07) is 0.255. The number of nitrogens with zero attached hydrogens (tertiary/aromatic N) is 1. The van der Waals surface area contributed by atoms with Gasteiger partial charge in [0.1, 0.15) is 0 Å². The molecule has 0 saturated heterocycles. The van der Waals surface area contributed by atoms with Crippen LogP contribution in [0.15, 0.2) is 0 Å². The summed E-state index contributed by atoms with van der Waals surface area (Å²) >= 11 is 0. The SMILES string of the molecule is CCCCCCCCC(CCCCCC)COC(=O)CCCCCC(CCCCCC)N(C=O)CCCCCC(=O)OCC(CC)CCCC. The molecule has 0 saturated carbocycles. The van der Waals surface area contributed by atoms with Gasteiger partial charge >= 0.3 is 11.9 Å². The maximum absolute atomic E-state index is 12.7. The van der Waals surface area contributed by atoms with E-state index < -0.39 is 0 Å². The van der Waals surface area contributed by atoms with Crippen LogP contribution in [0, 0.1) is 11.8 Å². The van der Waals surface area contributed by atoms with Crippen LogP contribution in [-0.2, 0) is 23.9 Å². The number of ether oxygens (including phenoxy) is 2. The van der Waals surface area contributed by atoms with Gasteiger partial charge in [0, 0.05) is 25.4 Å². The lowest BCUT2D eigenvalue weighted by Gasteiger charge is -2.29. The third kappa shape index (κ3) is 30.1. The number of amides is 1. The van der Waals surface area contributed by atoms with E-state index in [0.29, 0.717) is 37.9 Å². The fraction of sp³-hybridized carbons (Fsp3) is 0.932. The molecule has 296 valence electrons. The first-order valence-corrected chi connectivity index (χ1v) is 22.0. The van der Waals surface area contributed by atoms with Gasteiger partial charge in [-0.05, 0) is 63.2 Å². The molecule has 0 aromatic heterocycles. The van der Waals surface area contributed by atoms with Crippen molar-refractivity contribution in [1.82, 2.24) is 4.90 Å². The number of carbonyl (C=O) groups excluding carboxylic acids is 3. The standard InChI is InChI=1S/C44H85NO5/c1-6-11-15-18-19-23-31-41(30-22-16-12-7-2)38-50-44(48)34-26-20-25-33-42(32-24-17-13-8-3)45(39-46)36-28-21-27-35-43(47)49-37-40(10-5)29-14-9-4/h39-42H,6-38H2,1-5H3.